The highest BCUT2D eigenvalue weighted by atomic mass is 13.8. The van der Waals surface area contributed by atoms with Gasteiger partial charge < -0.3 is 0 Å². The zero-order valence-electron chi connectivity index (χ0n) is 4.20. The van der Waals surface area contributed by atoms with E-state index in [2.05, 4.69) is 6.92 Å². The highest BCUT2D eigenvalue weighted by Gasteiger charge is 1.78. The lowest BCUT2D eigenvalue weighted by atomic mass is 10.2. The topological polar surface area (TPSA) is 0 Å². The van der Waals surface area contributed by atoms with Gasteiger partial charge >= 0.3 is 0 Å². The third-order valence-corrected chi connectivity index (χ3v) is 0.775. The summed E-state index contributed by atoms with van der Waals surface area (Å²) in [6.45, 7) is 10.9. The van der Waals surface area contributed by atoms with E-state index in [9.17, 15) is 0 Å². The van der Waals surface area contributed by atoms with Crippen molar-refractivity contribution in [1.29, 1.82) is 0 Å². The summed E-state index contributed by atoms with van der Waals surface area (Å²) in [5.74, 6) is 0. The summed E-state index contributed by atoms with van der Waals surface area (Å²) >= 11 is 0. The smallest absolute Gasteiger partial charge is 0.0317 e. The fourth-order valence-corrected chi connectivity index (χ4v) is 0.177. The molecule has 34 valence electrons. The minimum atomic E-state index is 0.774. The summed E-state index contributed by atoms with van der Waals surface area (Å²) in [5.41, 5.74) is 0.981. The number of hydrogen-bond donors (Lipinski definition) is 0. The van der Waals surface area contributed by atoms with Gasteiger partial charge in [-0.3, -0.25) is 0 Å². The molecule has 0 aliphatic heterocycles. The highest BCUT2D eigenvalue weighted by Crippen LogP contribution is 1.97. The van der Waals surface area contributed by atoms with Gasteiger partial charge in [0.15, 0.2) is 0 Å². The van der Waals surface area contributed by atoms with Crippen LogP contribution in [0.3, 0.4) is 0 Å². The Morgan fingerprint density at radius 3 is 2.33 bits per heavy atom. The first-order chi connectivity index (χ1) is 2.81. The van der Waals surface area contributed by atoms with E-state index < -0.39 is 0 Å². The van der Waals surface area contributed by atoms with Gasteiger partial charge in [0.25, 0.3) is 0 Å². The van der Waals surface area contributed by atoms with E-state index in [1.54, 1.807) is 0 Å². The van der Waals surface area contributed by atoms with Crippen molar-refractivity contribution in [1.82, 2.24) is 0 Å². The largest absolute Gasteiger partial charge is 0.0705 e. The number of rotatable bonds is 2. The Kier molecular flexibility index (Phi) is 2.82. The van der Waals surface area contributed by atoms with E-state index in [0.29, 0.717) is 0 Å². The maximum absolute atomic E-state index is 5.33. The van der Waals surface area contributed by atoms with E-state index in [-0.39, 0.29) is 0 Å². The molecule has 6 heavy (non-hydrogen) atoms. The maximum Gasteiger partial charge on any atom is -0.0317 e. The molecule has 0 aromatic carbocycles. The summed E-state index contributed by atoms with van der Waals surface area (Å²) in [4.78, 5) is 0. The van der Waals surface area contributed by atoms with Crippen molar-refractivity contribution in [2.75, 3.05) is 0 Å². The van der Waals surface area contributed by atoms with Gasteiger partial charge in [-0.1, -0.05) is 19.1 Å². The second-order valence-corrected chi connectivity index (χ2v) is 1.26. The average Bonchev–Trinajstić information content (AvgIpc) is 1.65. The molecule has 0 aliphatic carbocycles. The van der Waals surface area contributed by atoms with Crippen LogP contribution in [0.15, 0.2) is 5.57 Å². The molecule has 0 aliphatic rings. The van der Waals surface area contributed by atoms with E-state index in [1.807, 2.05) is 6.92 Å². The third kappa shape index (κ3) is 2.01. The molecule has 0 heteroatoms. The SMILES string of the molecule is [CH]=C(C[CH2])CC. The van der Waals surface area contributed by atoms with Crippen LogP contribution in [0.4, 0.5) is 0 Å². The highest BCUT2D eigenvalue weighted by molar-refractivity contribution is 4.89. The molecule has 0 spiro atoms. The summed E-state index contributed by atoms with van der Waals surface area (Å²) in [5, 5.41) is 0. The lowest BCUT2D eigenvalue weighted by molar-refractivity contribution is 1.03. The number of allylic oxidation sites excluding steroid dienone is 1. The normalized spacial score (nSPS) is 8.33. The predicted molar refractivity (Wildman–Crippen MR) is 28.1 cm³/mol. The summed E-state index contributed by atoms with van der Waals surface area (Å²) in [6.07, 6.45) is 1.74. The van der Waals surface area contributed by atoms with Gasteiger partial charge in [-0.05, 0) is 19.8 Å². The van der Waals surface area contributed by atoms with E-state index in [0.717, 1.165) is 18.4 Å². The molecule has 0 aromatic heterocycles. The minimum absolute atomic E-state index is 0.774. The van der Waals surface area contributed by atoms with Gasteiger partial charge in [0.2, 0.25) is 0 Å². The zero-order valence-corrected chi connectivity index (χ0v) is 4.20. The van der Waals surface area contributed by atoms with Crippen LogP contribution in [0.25, 0.3) is 0 Å². The first-order valence-corrected chi connectivity index (χ1v) is 2.20. The molecule has 2 radical (unpaired) electrons. The molecule has 0 amide bonds. The van der Waals surface area contributed by atoms with E-state index in [4.69, 9.17) is 6.58 Å². The maximum atomic E-state index is 5.33. The van der Waals surface area contributed by atoms with Gasteiger partial charge in [0.05, 0.1) is 0 Å². The van der Waals surface area contributed by atoms with Gasteiger partial charge in [0.1, 0.15) is 0 Å². The van der Waals surface area contributed by atoms with Crippen LogP contribution in [0.2, 0.25) is 0 Å². The second-order valence-electron chi connectivity index (χ2n) is 1.26. The molecule has 0 saturated carbocycles. The molecule has 0 nitrogen and oxygen atoms in total. The van der Waals surface area contributed by atoms with Crippen LogP contribution in [0, 0.1) is 13.5 Å². The van der Waals surface area contributed by atoms with Crippen molar-refractivity contribution in [2.24, 2.45) is 0 Å². The molecular weight excluding hydrogens is 72.1 g/mol. The Bertz CT molecular complexity index is 38.0. The van der Waals surface area contributed by atoms with Crippen molar-refractivity contribution in [3.63, 3.8) is 0 Å². The lowest BCUT2D eigenvalue weighted by Gasteiger charge is -1.88. The first-order valence-electron chi connectivity index (χ1n) is 2.20. The fourth-order valence-electron chi connectivity index (χ4n) is 0.177. The van der Waals surface area contributed by atoms with Crippen molar-refractivity contribution in [2.45, 2.75) is 19.8 Å². The van der Waals surface area contributed by atoms with Gasteiger partial charge in [-0.2, -0.15) is 0 Å². The summed E-state index contributed by atoms with van der Waals surface area (Å²) < 4.78 is 0. The van der Waals surface area contributed by atoms with Crippen LogP contribution < -0.4 is 0 Å². The van der Waals surface area contributed by atoms with E-state index >= 15 is 0 Å². The molecule has 0 rings (SSSR count). The van der Waals surface area contributed by atoms with Crippen molar-refractivity contribution in [3.8, 4) is 0 Å². The number of hydrogen-bond acceptors (Lipinski definition) is 0. The molecule has 0 aromatic rings. The van der Waals surface area contributed by atoms with Crippen LogP contribution >= 0.6 is 0 Å². The molecule has 0 heterocycles. The fraction of sp³-hybridized carbons (Fsp3) is 0.500. The Morgan fingerprint density at radius 2 is 2.33 bits per heavy atom. The van der Waals surface area contributed by atoms with Crippen molar-refractivity contribution in [3.05, 3.63) is 19.1 Å². The Labute approximate surface area is 39.9 Å². The van der Waals surface area contributed by atoms with Crippen molar-refractivity contribution >= 4 is 0 Å². The summed E-state index contributed by atoms with van der Waals surface area (Å²) in [7, 11) is 0. The lowest BCUT2D eigenvalue weighted by Crippen LogP contribution is -1.69. The Hall–Kier alpha value is -0.260. The van der Waals surface area contributed by atoms with Crippen molar-refractivity contribution < 1.29 is 0 Å². The molecule has 0 bridgehead atoms. The van der Waals surface area contributed by atoms with Crippen LogP contribution in [-0.2, 0) is 0 Å². The molecule has 0 N–H and O–H groups in total. The average molecular weight is 82.1 g/mol. The molecular formula is C6H10. The molecule has 0 unspecified atom stereocenters. The zero-order chi connectivity index (χ0) is 4.99. The second kappa shape index (κ2) is 2.95. The standard InChI is InChI=1S/C6H10/c1-4-6(3)5-2/h3H,1,4-5H2,2H3. The Morgan fingerprint density at radius 1 is 1.83 bits per heavy atom. The van der Waals surface area contributed by atoms with Crippen LogP contribution in [0.1, 0.15) is 19.8 Å². The first kappa shape index (κ1) is 5.74. The van der Waals surface area contributed by atoms with Crippen LogP contribution in [-0.4, -0.2) is 0 Å². The van der Waals surface area contributed by atoms with E-state index in [1.165, 1.54) is 0 Å². The molecule has 0 fully saturated rings. The predicted octanol–water partition coefficient (Wildman–Crippen LogP) is 1.98. The Balaban J connectivity index is 2.99. The van der Waals surface area contributed by atoms with Gasteiger partial charge in [-0.15, -0.1) is 0 Å². The molecule has 0 saturated heterocycles. The van der Waals surface area contributed by atoms with Gasteiger partial charge in [0, 0.05) is 0 Å². The minimum Gasteiger partial charge on any atom is -0.0705 e. The quantitative estimate of drug-likeness (QED) is 0.478. The summed E-state index contributed by atoms with van der Waals surface area (Å²) in [6, 6.07) is 0. The molecule has 0 atom stereocenters. The monoisotopic (exact) mass is 82.1 g/mol. The van der Waals surface area contributed by atoms with Gasteiger partial charge in [-0.25, -0.2) is 0 Å². The van der Waals surface area contributed by atoms with Crippen LogP contribution in [0.5, 0.6) is 0 Å². The third-order valence-electron chi connectivity index (χ3n) is 0.775.